The second kappa shape index (κ2) is 8.28. The third-order valence-corrected chi connectivity index (χ3v) is 4.15. The number of rotatable bonds is 6. The number of aromatic nitrogens is 1. The van der Waals surface area contributed by atoms with E-state index in [9.17, 15) is 27.6 Å². The standard InChI is InChI=1S/C19H19F3N2O4/c1-10-16(18(27)28-3)14(24-17(10)11(2)25)8-15(26)23-9-12-5-4-6-13(7-12)19(20,21)22/h4-7,24H,8-9H2,1-3H3,(H,23,26). The Morgan fingerprint density at radius 1 is 1.21 bits per heavy atom. The molecule has 0 saturated carbocycles. The Hall–Kier alpha value is -3.10. The van der Waals surface area contributed by atoms with Crippen LogP contribution in [-0.4, -0.2) is 29.8 Å². The van der Waals surface area contributed by atoms with Crippen molar-refractivity contribution in [1.82, 2.24) is 10.3 Å². The number of carbonyl (C=O) groups is 3. The molecule has 6 nitrogen and oxygen atoms in total. The first-order valence-electron chi connectivity index (χ1n) is 8.28. The largest absolute Gasteiger partial charge is 0.465 e. The van der Waals surface area contributed by atoms with E-state index in [1.807, 2.05) is 0 Å². The first-order chi connectivity index (χ1) is 13.0. The van der Waals surface area contributed by atoms with Crippen molar-refractivity contribution >= 4 is 17.7 Å². The molecule has 150 valence electrons. The molecule has 1 aromatic carbocycles. The van der Waals surface area contributed by atoms with Crippen molar-refractivity contribution in [3.05, 3.63) is 57.9 Å². The van der Waals surface area contributed by atoms with Crippen molar-refractivity contribution in [1.29, 1.82) is 0 Å². The molecule has 0 aliphatic carbocycles. The Morgan fingerprint density at radius 2 is 1.89 bits per heavy atom. The number of hydrogen-bond acceptors (Lipinski definition) is 4. The maximum atomic E-state index is 12.8. The van der Waals surface area contributed by atoms with Crippen LogP contribution in [0.3, 0.4) is 0 Å². The molecule has 0 aliphatic heterocycles. The van der Waals surface area contributed by atoms with Crippen LogP contribution < -0.4 is 5.32 Å². The fourth-order valence-electron chi connectivity index (χ4n) is 2.80. The van der Waals surface area contributed by atoms with Crippen LogP contribution in [0.1, 0.15) is 50.2 Å². The van der Waals surface area contributed by atoms with Crippen molar-refractivity contribution in [2.24, 2.45) is 0 Å². The summed E-state index contributed by atoms with van der Waals surface area (Å²) in [5.74, 6) is -1.53. The van der Waals surface area contributed by atoms with Gasteiger partial charge in [0.1, 0.15) is 0 Å². The summed E-state index contributed by atoms with van der Waals surface area (Å²) in [6.07, 6.45) is -4.74. The Labute approximate surface area is 159 Å². The topological polar surface area (TPSA) is 88.3 Å². The van der Waals surface area contributed by atoms with E-state index in [4.69, 9.17) is 4.74 Å². The summed E-state index contributed by atoms with van der Waals surface area (Å²) in [6.45, 7) is 2.76. The summed E-state index contributed by atoms with van der Waals surface area (Å²) < 4.78 is 42.9. The number of alkyl halides is 3. The number of ketones is 1. The summed E-state index contributed by atoms with van der Waals surface area (Å²) in [4.78, 5) is 38.7. The summed E-state index contributed by atoms with van der Waals surface area (Å²) in [5, 5.41) is 2.50. The van der Waals surface area contributed by atoms with Crippen LogP contribution in [0.2, 0.25) is 0 Å². The van der Waals surface area contributed by atoms with Gasteiger partial charge in [0.15, 0.2) is 5.78 Å². The molecule has 2 rings (SSSR count). The van der Waals surface area contributed by atoms with Crippen molar-refractivity contribution in [2.45, 2.75) is 33.0 Å². The molecule has 28 heavy (non-hydrogen) atoms. The highest BCUT2D eigenvalue weighted by molar-refractivity contribution is 6.01. The fraction of sp³-hybridized carbons (Fsp3) is 0.316. The Kier molecular flexibility index (Phi) is 6.27. The molecule has 0 atom stereocenters. The molecule has 0 aliphatic rings. The number of aromatic amines is 1. The third-order valence-electron chi connectivity index (χ3n) is 4.15. The molecule has 0 bridgehead atoms. The van der Waals surface area contributed by atoms with Gasteiger partial charge in [-0.3, -0.25) is 9.59 Å². The molecule has 2 aromatic rings. The number of methoxy groups -OCH3 is 1. The van der Waals surface area contributed by atoms with Gasteiger partial charge in [0, 0.05) is 19.2 Å². The zero-order valence-electron chi connectivity index (χ0n) is 15.5. The van der Waals surface area contributed by atoms with E-state index in [2.05, 4.69) is 10.3 Å². The summed E-state index contributed by atoms with van der Waals surface area (Å²) >= 11 is 0. The first kappa shape index (κ1) is 21.2. The molecule has 9 heteroatoms. The number of ether oxygens (including phenoxy) is 1. The molecule has 0 radical (unpaired) electrons. The molecular formula is C19H19F3N2O4. The summed E-state index contributed by atoms with van der Waals surface area (Å²) in [6, 6.07) is 4.61. The Morgan fingerprint density at radius 3 is 2.46 bits per heavy atom. The molecule has 1 aromatic heterocycles. The van der Waals surface area contributed by atoms with Gasteiger partial charge in [-0.15, -0.1) is 0 Å². The minimum absolute atomic E-state index is 0.0990. The van der Waals surface area contributed by atoms with Gasteiger partial charge in [0.05, 0.1) is 30.4 Å². The lowest BCUT2D eigenvalue weighted by Gasteiger charge is -2.10. The molecule has 0 spiro atoms. The summed E-state index contributed by atoms with van der Waals surface area (Å²) in [5.41, 5.74) is 0.348. The maximum absolute atomic E-state index is 12.8. The van der Waals surface area contributed by atoms with Crippen LogP contribution in [0.25, 0.3) is 0 Å². The SMILES string of the molecule is COC(=O)c1c(CC(=O)NCc2cccc(C(F)(F)F)c2)[nH]c(C(C)=O)c1C. The van der Waals surface area contributed by atoms with Crippen molar-refractivity contribution < 1.29 is 32.3 Å². The lowest BCUT2D eigenvalue weighted by molar-refractivity contribution is -0.137. The van der Waals surface area contributed by atoms with Crippen LogP contribution in [0.4, 0.5) is 13.2 Å². The van der Waals surface area contributed by atoms with Crippen LogP contribution >= 0.6 is 0 Å². The predicted molar refractivity (Wildman–Crippen MR) is 93.9 cm³/mol. The number of carbonyl (C=O) groups excluding carboxylic acids is 3. The number of amides is 1. The van der Waals surface area contributed by atoms with Crippen molar-refractivity contribution in [2.75, 3.05) is 7.11 Å². The van der Waals surface area contributed by atoms with Gasteiger partial charge >= 0.3 is 12.1 Å². The van der Waals surface area contributed by atoms with Crippen molar-refractivity contribution in [3.63, 3.8) is 0 Å². The fourth-order valence-corrected chi connectivity index (χ4v) is 2.80. The lowest BCUT2D eigenvalue weighted by atomic mass is 10.1. The number of esters is 1. The first-order valence-corrected chi connectivity index (χ1v) is 8.28. The van der Waals surface area contributed by atoms with Gasteiger partial charge in [-0.1, -0.05) is 12.1 Å². The normalized spacial score (nSPS) is 11.2. The van der Waals surface area contributed by atoms with Gasteiger partial charge in [-0.05, 0) is 30.2 Å². The Balaban J connectivity index is 2.14. The minimum Gasteiger partial charge on any atom is -0.465 e. The van der Waals surface area contributed by atoms with Gasteiger partial charge in [-0.25, -0.2) is 4.79 Å². The van der Waals surface area contributed by atoms with Gasteiger partial charge in [0.2, 0.25) is 5.91 Å². The second-order valence-electron chi connectivity index (χ2n) is 6.18. The van der Waals surface area contributed by atoms with E-state index >= 15 is 0 Å². The van der Waals surface area contributed by atoms with Gasteiger partial charge < -0.3 is 15.0 Å². The van der Waals surface area contributed by atoms with E-state index in [1.54, 1.807) is 6.92 Å². The highest BCUT2D eigenvalue weighted by Gasteiger charge is 2.30. The second-order valence-corrected chi connectivity index (χ2v) is 6.18. The van der Waals surface area contributed by atoms with E-state index in [-0.39, 0.29) is 41.3 Å². The number of nitrogens with one attached hydrogen (secondary N) is 2. The van der Waals surface area contributed by atoms with Crippen molar-refractivity contribution in [3.8, 4) is 0 Å². The zero-order chi connectivity index (χ0) is 21.1. The van der Waals surface area contributed by atoms with Crippen LogP contribution in [0, 0.1) is 6.92 Å². The quantitative estimate of drug-likeness (QED) is 0.580. The Bertz CT molecular complexity index is 916. The smallest absolute Gasteiger partial charge is 0.416 e. The molecule has 0 fully saturated rings. The number of halogens is 3. The maximum Gasteiger partial charge on any atom is 0.416 e. The van der Waals surface area contributed by atoms with Gasteiger partial charge in [-0.2, -0.15) is 13.2 Å². The number of hydrogen-bond donors (Lipinski definition) is 2. The van der Waals surface area contributed by atoms with E-state index in [1.165, 1.54) is 26.2 Å². The van der Waals surface area contributed by atoms with Crippen LogP contribution in [0.15, 0.2) is 24.3 Å². The average molecular weight is 396 g/mol. The van der Waals surface area contributed by atoms with Gasteiger partial charge in [0.25, 0.3) is 0 Å². The molecule has 2 N–H and O–H groups in total. The molecular weight excluding hydrogens is 377 g/mol. The average Bonchev–Trinajstić information content (AvgIpc) is 2.95. The van der Waals surface area contributed by atoms with Crippen LogP contribution in [-0.2, 0) is 28.7 Å². The van der Waals surface area contributed by atoms with E-state index < -0.39 is 23.6 Å². The number of benzene rings is 1. The van der Waals surface area contributed by atoms with E-state index in [0.717, 1.165) is 12.1 Å². The zero-order valence-corrected chi connectivity index (χ0v) is 15.5. The summed E-state index contributed by atoms with van der Waals surface area (Å²) in [7, 11) is 1.18. The lowest BCUT2D eigenvalue weighted by Crippen LogP contribution is -2.25. The number of Topliss-reactive ketones (excluding diaryl/α,β-unsaturated/α-hetero) is 1. The third kappa shape index (κ3) is 4.79. The van der Waals surface area contributed by atoms with Crippen LogP contribution in [0.5, 0.6) is 0 Å². The highest BCUT2D eigenvalue weighted by atomic mass is 19.4. The monoisotopic (exact) mass is 396 g/mol. The highest BCUT2D eigenvalue weighted by Crippen LogP contribution is 2.29. The predicted octanol–water partition coefficient (Wildman–Crippen LogP) is 3.19. The molecule has 1 heterocycles. The number of H-pyrrole nitrogens is 1. The molecule has 0 unspecified atom stereocenters. The molecule has 1 amide bonds. The molecule has 0 saturated heterocycles. The minimum atomic E-state index is -4.47. The van der Waals surface area contributed by atoms with E-state index in [0.29, 0.717) is 5.56 Å².